The summed E-state index contributed by atoms with van der Waals surface area (Å²) in [7, 11) is -23.9. The largest absolute Gasteiger partial charge is 0.391 e. The van der Waals surface area contributed by atoms with Crippen LogP contribution in [-0.2, 0) is 103 Å². The van der Waals surface area contributed by atoms with Crippen LogP contribution in [0.4, 0.5) is 0 Å². The van der Waals surface area contributed by atoms with Crippen LogP contribution < -0.4 is 79.8 Å². The lowest BCUT2D eigenvalue weighted by Crippen LogP contribution is -2.62. The molecule has 51 heteroatoms. The van der Waals surface area contributed by atoms with Gasteiger partial charge in [0.05, 0.1) is 17.5 Å². The Labute approximate surface area is 633 Å². The normalized spacial score (nSPS) is 21.3. The minimum atomic E-state index is -4.90. The van der Waals surface area contributed by atoms with Crippen molar-refractivity contribution in [3.63, 3.8) is 0 Å². The molecule has 1 rings (SSSR count). The average molecular weight is 1670 g/mol. The zero-order chi connectivity index (χ0) is 83.4. The van der Waals surface area contributed by atoms with Crippen LogP contribution >= 0.6 is 0 Å². The van der Waals surface area contributed by atoms with E-state index in [-0.39, 0.29) is 24.3 Å². The van der Waals surface area contributed by atoms with Gasteiger partial charge < -0.3 is 90.0 Å². The van der Waals surface area contributed by atoms with Crippen LogP contribution in [0.3, 0.4) is 0 Å². The van der Waals surface area contributed by atoms with Crippen molar-refractivity contribution in [1.82, 2.24) is 84.8 Å². The number of amides is 11. The number of unbranched alkanes of at least 4 members (excludes halogenated alkanes) is 1. The Hall–Kier alpha value is -7.12. The van der Waals surface area contributed by atoms with Crippen molar-refractivity contribution in [2.75, 3.05) is 68.7 Å². The number of aliphatic hydroxyl groups is 2. The first-order valence-corrected chi connectivity index (χ1v) is 42.7. The number of nitrogens with zero attached hydrogens (tertiary/aromatic N) is 2. The SMILES string of the molecule is CC[C@H](C)CCCCC(=O)N[C@@H](CCN(CS(=O)(=O)O)N=O)C(=O)N[C@H](C(=O)N[C@@H](CCNCS(=O)(=O)O)C(=O)N[C@H]1CCNC(=O)[C@H]([C@@H](C)O)NC(=O)[C@H](CCNCS(=O)(=O)O)NC(=O)[C@H](CCNCS(=O)(=O)O)NC(=O)[C@H](CC(C)C)NC(=O)[C@@H](CC(C)C)NC(=O)[C@H](CCNCS(=O)(=O)O)NC1=O)[C@@H](C)O. The third kappa shape index (κ3) is 45.1. The van der Waals surface area contributed by atoms with E-state index in [0.717, 1.165) is 26.7 Å². The summed E-state index contributed by atoms with van der Waals surface area (Å²) in [6, 6.07) is -19.0. The Bertz CT molecular complexity index is 3620. The molecule has 630 valence electrons. The van der Waals surface area contributed by atoms with E-state index in [4.69, 9.17) is 0 Å². The van der Waals surface area contributed by atoms with Crippen molar-refractivity contribution in [1.29, 1.82) is 0 Å². The maximum atomic E-state index is 14.9. The van der Waals surface area contributed by atoms with Gasteiger partial charge in [0.1, 0.15) is 83.9 Å². The summed E-state index contributed by atoms with van der Waals surface area (Å²) in [4.78, 5) is 170. The smallest absolute Gasteiger partial charge is 0.285 e. The van der Waals surface area contributed by atoms with Gasteiger partial charge >= 0.3 is 0 Å². The fourth-order valence-electron chi connectivity index (χ4n) is 10.3. The van der Waals surface area contributed by atoms with Crippen molar-refractivity contribution < 1.29 is 128 Å². The van der Waals surface area contributed by atoms with E-state index in [1.807, 2.05) is 13.8 Å². The summed E-state index contributed by atoms with van der Waals surface area (Å²) in [5, 5.41) is 59.8. The van der Waals surface area contributed by atoms with Crippen LogP contribution in [0.15, 0.2) is 5.29 Å². The molecule has 0 aromatic heterocycles. The van der Waals surface area contributed by atoms with Crippen LogP contribution in [0.5, 0.6) is 0 Å². The molecule has 0 radical (unpaired) electrons. The van der Waals surface area contributed by atoms with E-state index in [9.17, 15) is 133 Å². The highest BCUT2D eigenvalue weighted by Crippen LogP contribution is 2.15. The fraction of sp³-hybridized carbons (Fsp3) is 0.810. The maximum absolute atomic E-state index is 14.9. The van der Waals surface area contributed by atoms with E-state index in [1.54, 1.807) is 27.7 Å². The molecule has 0 bridgehead atoms. The van der Waals surface area contributed by atoms with Crippen molar-refractivity contribution in [3.05, 3.63) is 4.91 Å². The van der Waals surface area contributed by atoms with E-state index in [0.29, 0.717) is 18.8 Å². The van der Waals surface area contributed by atoms with Gasteiger partial charge in [0.25, 0.3) is 50.6 Å². The van der Waals surface area contributed by atoms with Crippen LogP contribution in [0.25, 0.3) is 0 Å². The summed E-state index contributed by atoms with van der Waals surface area (Å²) >= 11 is 0. The lowest BCUT2D eigenvalue weighted by Gasteiger charge is -2.29. The molecule has 109 heavy (non-hydrogen) atoms. The quantitative estimate of drug-likeness (QED) is 0.0117. The molecule has 0 aromatic carbocycles. The molecule has 0 aromatic rings. The number of hydrogen-bond acceptors (Lipinski definition) is 29. The van der Waals surface area contributed by atoms with Crippen molar-refractivity contribution >= 4 is 116 Å². The van der Waals surface area contributed by atoms with Gasteiger partial charge in [0.2, 0.25) is 65.0 Å². The predicted molar refractivity (Wildman–Crippen MR) is 387 cm³/mol. The molecule has 13 atom stereocenters. The number of hydrogen-bond donors (Lipinski definition) is 22. The van der Waals surface area contributed by atoms with Gasteiger partial charge in [-0.25, -0.2) is 5.01 Å². The average Bonchev–Trinajstić information content (AvgIpc) is 1.22. The second-order valence-electron chi connectivity index (χ2n) is 27.0. The Morgan fingerprint density at radius 3 is 1.31 bits per heavy atom. The van der Waals surface area contributed by atoms with E-state index >= 15 is 0 Å². The molecule has 1 aliphatic heterocycles. The molecule has 11 amide bonds. The van der Waals surface area contributed by atoms with Crippen molar-refractivity contribution in [2.24, 2.45) is 23.0 Å². The highest BCUT2D eigenvalue weighted by atomic mass is 32.2. The second kappa shape index (κ2) is 48.6. The summed E-state index contributed by atoms with van der Waals surface area (Å²) in [5.74, 6) is -20.0. The van der Waals surface area contributed by atoms with E-state index in [2.05, 4.69) is 85.0 Å². The number of nitrogens with one attached hydrogen (secondary N) is 15. The first-order chi connectivity index (χ1) is 50.3. The summed E-state index contributed by atoms with van der Waals surface area (Å²) in [5.41, 5.74) is 0. The molecule has 1 aliphatic rings. The second-order valence-corrected chi connectivity index (χ2v) is 34.2. The van der Waals surface area contributed by atoms with E-state index < -0.39 is 307 Å². The number of rotatable bonds is 45. The van der Waals surface area contributed by atoms with Gasteiger partial charge in [-0.3, -0.25) is 75.5 Å². The molecule has 1 heterocycles. The first-order valence-electron chi connectivity index (χ1n) is 34.7. The highest BCUT2D eigenvalue weighted by Gasteiger charge is 2.39. The molecule has 0 aliphatic carbocycles. The van der Waals surface area contributed by atoms with Crippen LogP contribution in [0.1, 0.15) is 139 Å². The molecule has 0 spiro atoms. The third-order valence-corrected chi connectivity index (χ3v) is 19.0. The number of carbonyl (C=O) groups is 11. The number of nitroso groups, excluding NO2 is 1. The van der Waals surface area contributed by atoms with Gasteiger partial charge in [0, 0.05) is 19.5 Å². The standard InChI is InChI=1S/C58H109N17O29S5/c1-9-35(6)12-10-11-13-46(78)64-43(19-25-75(74-89)32-109(102,103)104)54(84)73-48(37(8)77)58(88)69-40(16-22-61-30-107(96,97)98)50(80)67-42-18-24-63-57(87)47(36(7)76)72-53(83)41(17-23-62-31-108(99,100)101)66-49(79)38(14-20-59-28-105(90,91)92)68-55(85)44(26-33(2)3)71-56(86)45(27-34(4)5)70-52(82)39(65-51(42)81)15-21-60-29-106(93,94)95/h33-45,47-48,59-62,76-77H,9-32H2,1-8H3,(H,63,87)(H,64,78)(H,65,81)(H,66,79)(H,67,80)(H,68,85)(H,69,88)(H,70,82)(H,71,86)(H,72,83)(H,73,84)(H,90,91,92)(H,93,94,95)(H,96,97,98)(H,99,100,101)(H,102,103,104)/t35-,36+,37+,38-,39-,40-,41-,42-,43-,44-,45+,47-,48-/m0/s1. The van der Waals surface area contributed by atoms with E-state index in [1.165, 1.54) is 0 Å². The zero-order valence-electron chi connectivity index (χ0n) is 61.7. The van der Waals surface area contributed by atoms with Crippen LogP contribution in [-0.4, -0.2) is 286 Å². The first kappa shape index (κ1) is 99.9. The molecule has 0 saturated carbocycles. The van der Waals surface area contributed by atoms with Crippen LogP contribution in [0.2, 0.25) is 0 Å². The lowest BCUT2D eigenvalue weighted by molar-refractivity contribution is -0.137. The van der Waals surface area contributed by atoms with Crippen LogP contribution in [0, 0.1) is 22.7 Å². The minimum absolute atomic E-state index is 0.166. The topological polar surface area (TPSA) is 713 Å². The molecular weight excluding hydrogens is 1560 g/mol. The van der Waals surface area contributed by atoms with Crippen molar-refractivity contribution in [3.8, 4) is 0 Å². The minimum Gasteiger partial charge on any atom is -0.391 e. The Morgan fingerprint density at radius 2 is 0.908 bits per heavy atom. The van der Waals surface area contributed by atoms with Gasteiger partial charge in [0.15, 0.2) is 5.88 Å². The monoisotopic (exact) mass is 1670 g/mol. The van der Waals surface area contributed by atoms with Gasteiger partial charge in [-0.1, -0.05) is 60.8 Å². The highest BCUT2D eigenvalue weighted by molar-refractivity contribution is 7.86. The maximum Gasteiger partial charge on any atom is 0.285 e. The molecule has 22 N–H and O–H groups in total. The third-order valence-electron chi connectivity index (χ3n) is 16.1. The Balaban J connectivity index is 4.37. The number of aliphatic hydroxyl groups excluding tert-OH is 2. The summed E-state index contributed by atoms with van der Waals surface area (Å²) < 4.78 is 164. The molecule has 46 nitrogen and oxygen atoms in total. The summed E-state index contributed by atoms with van der Waals surface area (Å²) in [6.45, 7) is 8.63. The molecule has 1 fully saturated rings. The van der Waals surface area contributed by atoms with Gasteiger partial charge in [-0.2, -0.15) is 42.1 Å². The Morgan fingerprint density at radius 1 is 0.495 bits per heavy atom. The summed E-state index contributed by atoms with van der Waals surface area (Å²) in [6.07, 6.45) is -5.98. The van der Waals surface area contributed by atoms with Gasteiger partial charge in [-0.15, -0.1) is 4.91 Å². The molecule has 1 saturated heterocycles. The lowest BCUT2D eigenvalue weighted by atomic mass is 9.99. The predicted octanol–water partition coefficient (Wildman–Crippen LogP) is -7.67. The Kier molecular flexibility index (Phi) is 44.6. The molecule has 0 unspecified atom stereocenters. The fourth-order valence-corrected chi connectivity index (χ4v) is 12.5. The van der Waals surface area contributed by atoms with Gasteiger partial charge in [-0.05, 0) is 116 Å². The zero-order valence-corrected chi connectivity index (χ0v) is 65.8. The number of carbonyl (C=O) groups excluding carboxylic acids is 11. The van der Waals surface area contributed by atoms with Crippen molar-refractivity contribution in [2.45, 2.75) is 211 Å². The molecular formula is C58H109N17O29S5.